The van der Waals surface area contributed by atoms with Crippen LogP contribution in [-0.2, 0) is 14.8 Å². The first-order chi connectivity index (χ1) is 14.6. The fourth-order valence-corrected chi connectivity index (χ4v) is 6.23. The number of halogens is 1. The van der Waals surface area contributed by atoms with Crippen LogP contribution in [0.1, 0.15) is 19.8 Å². The molecule has 0 amide bonds. The molecule has 168 valence electrons. The molecule has 2 aliphatic rings. The maximum absolute atomic E-state index is 11.7. The van der Waals surface area contributed by atoms with Crippen LogP contribution in [0.5, 0.6) is 0 Å². The first-order valence-electron chi connectivity index (χ1n) is 9.84. The molecular weight excluding hydrogens is 460 g/mol. The normalized spacial score (nSPS) is 23.4. The summed E-state index contributed by atoms with van der Waals surface area (Å²) < 4.78 is 29.2. The van der Waals surface area contributed by atoms with Gasteiger partial charge in [0.05, 0.1) is 23.9 Å². The van der Waals surface area contributed by atoms with Gasteiger partial charge in [0.2, 0.25) is 10.0 Å². The molecule has 0 radical (unpaired) electrons. The molecule has 31 heavy (non-hydrogen) atoms. The van der Waals surface area contributed by atoms with E-state index in [1.54, 1.807) is 18.3 Å². The van der Waals surface area contributed by atoms with Crippen LogP contribution in [0.3, 0.4) is 0 Å². The lowest BCUT2D eigenvalue weighted by atomic mass is 9.73. The summed E-state index contributed by atoms with van der Waals surface area (Å²) in [4.78, 5) is 11.4. The summed E-state index contributed by atoms with van der Waals surface area (Å²) in [5.41, 5.74) is 12.6. The number of piperidine rings is 1. The molecule has 2 aromatic rings. The van der Waals surface area contributed by atoms with E-state index in [4.69, 9.17) is 32.9 Å². The zero-order valence-electron chi connectivity index (χ0n) is 17.0. The zero-order valence-corrected chi connectivity index (χ0v) is 19.4. The van der Waals surface area contributed by atoms with Gasteiger partial charge >= 0.3 is 0 Å². The van der Waals surface area contributed by atoms with Gasteiger partial charge in [0.15, 0.2) is 5.82 Å². The standard InChI is InChI=1S/C19H25ClN6O3S2/c1-11-16(21)19(10-29-11)5-7-26(8-6-19)14-9-24-18(17(22)25-14)30-12-3-2-4-13(15(12)20)31(23,27)28/h2-4,9,11,16H,5-8,10,21H2,1H3,(H2,22,25)(H2,23,27,28)/t11-,16+/m0/s1. The number of anilines is 2. The summed E-state index contributed by atoms with van der Waals surface area (Å²) in [5.74, 6) is 0.941. The minimum Gasteiger partial charge on any atom is -0.381 e. The minimum atomic E-state index is -3.93. The quantitative estimate of drug-likeness (QED) is 0.590. The van der Waals surface area contributed by atoms with Crippen LogP contribution in [0.4, 0.5) is 11.6 Å². The van der Waals surface area contributed by atoms with Gasteiger partial charge in [-0.15, -0.1) is 0 Å². The molecule has 6 N–H and O–H groups in total. The number of nitrogens with zero attached hydrogens (tertiary/aromatic N) is 3. The van der Waals surface area contributed by atoms with Gasteiger partial charge in [-0.2, -0.15) is 0 Å². The van der Waals surface area contributed by atoms with Crippen LogP contribution in [-0.4, -0.2) is 50.2 Å². The molecule has 3 heterocycles. The van der Waals surface area contributed by atoms with Crippen molar-refractivity contribution in [2.24, 2.45) is 16.3 Å². The first-order valence-corrected chi connectivity index (χ1v) is 12.6. The fourth-order valence-electron chi connectivity index (χ4n) is 4.16. The Morgan fingerprint density at radius 3 is 2.61 bits per heavy atom. The van der Waals surface area contributed by atoms with Crippen LogP contribution in [0, 0.1) is 5.41 Å². The smallest absolute Gasteiger partial charge is 0.239 e. The van der Waals surface area contributed by atoms with E-state index in [1.165, 1.54) is 6.07 Å². The summed E-state index contributed by atoms with van der Waals surface area (Å²) in [6, 6.07) is 4.63. The highest BCUT2D eigenvalue weighted by Crippen LogP contribution is 2.42. The number of rotatable bonds is 4. The summed E-state index contributed by atoms with van der Waals surface area (Å²) in [6.07, 6.45) is 3.60. The van der Waals surface area contributed by atoms with Gasteiger partial charge in [0, 0.05) is 29.4 Å². The van der Waals surface area contributed by atoms with Crippen LogP contribution >= 0.6 is 23.4 Å². The molecule has 2 fully saturated rings. The van der Waals surface area contributed by atoms with Gasteiger partial charge in [-0.05, 0) is 31.9 Å². The predicted octanol–water partition coefficient (Wildman–Crippen LogP) is 1.84. The zero-order chi connectivity index (χ0) is 22.4. The maximum Gasteiger partial charge on any atom is 0.239 e. The molecule has 9 nitrogen and oxygen atoms in total. The minimum absolute atomic E-state index is 0.0236. The van der Waals surface area contributed by atoms with Crippen molar-refractivity contribution in [1.82, 2.24) is 9.97 Å². The molecule has 1 aromatic carbocycles. The third kappa shape index (κ3) is 4.35. The summed E-state index contributed by atoms with van der Waals surface area (Å²) in [7, 11) is -3.93. The van der Waals surface area contributed by atoms with E-state index >= 15 is 0 Å². The fraction of sp³-hybridized carbons (Fsp3) is 0.474. The number of nitrogens with two attached hydrogens (primary N) is 3. The number of nitrogen functional groups attached to an aromatic ring is 1. The van der Waals surface area contributed by atoms with Gasteiger partial charge in [0.1, 0.15) is 15.7 Å². The number of benzene rings is 1. The molecule has 0 unspecified atom stereocenters. The van der Waals surface area contributed by atoms with Crippen LogP contribution < -0.4 is 21.5 Å². The van der Waals surface area contributed by atoms with Gasteiger partial charge in [-0.1, -0.05) is 29.4 Å². The average Bonchev–Trinajstić information content (AvgIpc) is 2.99. The molecule has 0 saturated carbocycles. The summed E-state index contributed by atoms with van der Waals surface area (Å²) in [5, 5.41) is 5.69. The van der Waals surface area contributed by atoms with E-state index in [0.29, 0.717) is 22.3 Å². The number of sulfonamides is 1. The molecule has 0 bridgehead atoms. The molecule has 1 aromatic heterocycles. The Morgan fingerprint density at radius 1 is 1.32 bits per heavy atom. The summed E-state index contributed by atoms with van der Waals surface area (Å²) >= 11 is 7.37. The molecule has 0 aliphatic carbocycles. The average molecular weight is 485 g/mol. The van der Waals surface area contributed by atoms with Crippen LogP contribution in [0.25, 0.3) is 0 Å². The lowest BCUT2D eigenvalue weighted by Gasteiger charge is -2.41. The summed E-state index contributed by atoms with van der Waals surface area (Å²) in [6.45, 7) is 4.32. The molecular formula is C19H25ClN6O3S2. The van der Waals surface area contributed by atoms with Crippen LogP contribution in [0.15, 0.2) is 39.2 Å². The number of hydrogen-bond acceptors (Lipinski definition) is 9. The van der Waals surface area contributed by atoms with E-state index in [-0.39, 0.29) is 33.3 Å². The van der Waals surface area contributed by atoms with Crippen molar-refractivity contribution < 1.29 is 13.2 Å². The molecule has 2 saturated heterocycles. The monoisotopic (exact) mass is 484 g/mol. The van der Waals surface area contributed by atoms with Gasteiger partial charge in [0.25, 0.3) is 0 Å². The van der Waals surface area contributed by atoms with Crippen molar-refractivity contribution in [2.75, 3.05) is 30.3 Å². The Kier molecular flexibility index (Phi) is 6.10. The molecule has 12 heteroatoms. The lowest BCUT2D eigenvalue weighted by molar-refractivity contribution is 0.0974. The van der Waals surface area contributed by atoms with E-state index in [1.807, 2.05) is 6.92 Å². The van der Waals surface area contributed by atoms with E-state index in [2.05, 4.69) is 14.9 Å². The van der Waals surface area contributed by atoms with Crippen molar-refractivity contribution in [3.63, 3.8) is 0 Å². The van der Waals surface area contributed by atoms with Crippen molar-refractivity contribution in [2.45, 2.75) is 46.7 Å². The maximum atomic E-state index is 11.7. The van der Waals surface area contributed by atoms with E-state index in [0.717, 1.165) is 37.7 Å². The second kappa shape index (κ2) is 8.38. The third-order valence-electron chi connectivity index (χ3n) is 6.12. The Balaban J connectivity index is 1.49. The molecule has 2 aliphatic heterocycles. The van der Waals surface area contributed by atoms with Crippen molar-refractivity contribution >= 4 is 45.0 Å². The first kappa shape index (κ1) is 22.6. The number of aromatic nitrogens is 2. The second-order valence-corrected chi connectivity index (χ2v) is 11.0. The van der Waals surface area contributed by atoms with Gasteiger partial charge < -0.3 is 21.1 Å². The van der Waals surface area contributed by atoms with E-state index in [9.17, 15) is 8.42 Å². The third-order valence-corrected chi connectivity index (χ3v) is 8.77. The number of hydrogen-bond donors (Lipinski definition) is 3. The van der Waals surface area contributed by atoms with Gasteiger partial charge in [-0.3, -0.25) is 0 Å². The van der Waals surface area contributed by atoms with E-state index < -0.39 is 10.0 Å². The Hall–Kier alpha value is -1.63. The number of primary sulfonamides is 1. The van der Waals surface area contributed by atoms with Crippen molar-refractivity contribution in [3.8, 4) is 0 Å². The SMILES string of the molecule is C[C@@H]1OCC2(CCN(c3cnc(Sc4cccc(S(N)(=O)=O)c4Cl)c(N)n3)CC2)[C@@H]1N. The lowest BCUT2D eigenvalue weighted by Crippen LogP contribution is -2.50. The molecule has 1 spiro atoms. The van der Waals surface area contributed by atoms with Gasteiger partial charge in [-0.25, -0.2) is 23.5 Å². The highest BCUT2D eigenvalue weighted by Gasteiger charge is 2.47. The van der Waals surface area contributed by atoms with Crippen LogP contribution in [0.2, 0.25) is 5.02 Å². The van der Waals surface area contributed by atoms with Crippen molar-refractivity contribution in [1.29, 1.82) is 0 Å². The number of ether oxygens (including phenoxy) is 1. The molecule has 2 atom stereocenters. The Bertz CT molecular complexity index is 1090. The Labute approximate surface area is 190 Å². The largest absolute Gasteiger partial charge is 0.381 e. The molecule has 4 rings (SSSR count). The second-order valence-electron chi connectivity index (χ2n) is 8.03. The van der Waals surface area contributed by atoms with Crippen molar-refractivity contribution in [3.05, 3.63) is 29.4 Å². The highest BCUT2D eigenvalue weighted by atomic mass is 35.5. The topological polar surface area (TPSA) is 150 Å². The highest BCUT2D eigenvalue weighted by molar-refractivity contribution is 7.99. The Morgan fingerprint density at radius 2 is 2.03 bits per heavy atom. The predicted molar refractivity (Wildman–Crippen MR) is 121 cm³/mol.